The highest BCUT2D eigenvalue weighted by atomic mass is 32.1. The third-order valence-corrected chi connectivity index (χ3v) is 6.48. The maximum absolute atomic E-state index is 13.5. The zero-order chi connectivity index (χ0) is 21.8. The number of amides is 1. The Balaban J connectivity index is 1.62. The van der Waals surface area contributed by atoms with E-state index >= 15 is 0 Å². The van der Waals surface area contributed by atoms with Crippen LogP contribution >= 0.6 is 11.3 Å². The maximum Gasteiger partial charge on any atom is 0.260 e. The Kier molecular flexibility index (Phi) is 6.70. The van der Waals surface area contributed by atoms with Gasteiger partial charge in [-0.05, 0) is 42.5 Å². The number of benzene rings is 2. The lowest BCUT2D eigenvalue weighted by molar-refractivity contribution is 0.0391. The summed E-state index contributed by atoms with van der Waals surface area (Å²) >= 11 is 1.52. The molecule has 0 spiro atoms. The number of nitrogens with zero attached hydrogens (tertiary/aromatic N) is 4. The molecule has 1 saturated heterocycles. The molecule has 2 aromatic carbocycles. The summed E-state index contributed by atoms with van der Waals surface area (Å²) in [5.41, 5.74) is 2.58. The van der Waals surface area contributed by atoms with Crippen LogP contribution in [-0.4, -0.2) is 76.4 Å². The van der Waals surface area contributed by atoms with E-state index in [2.05, 4.69) is 4.90 Å². The van der Waals surface area contributed by atoms with Gasteiger partial charge in [0, 0.05) is 51.5 Å². The highest BCUT2D eigenvalue weighted by Crippen LogP contribution is 2.32. The third-order valence-electron chi connectivity index (χ3n) is 5.43. The summed E-state index contributed by atoms with van der Waals surface area (Å²) in [6, 6.07) is 13.5. The average molecular weight is 441 g/mol. The van der Waals surface area contributed by atoms with Crippen LogP contribution in [0, 0.1) is 0 Å². The fourth-order valence-electron chi connectivity index (χ4n) is 3.54. The van der Waals surface area contributed by atoms with Gasteiger partial charge >= 0.3 is 0 Å². The van der Waals surface area contributed by atoms with Gasteiger partial charge in [0.2, 0.25) is 0 Å². The zero-order valence-corrected chi connectivity index (χ0v) is 19.0. The van der Waals surface area contributed by atoms with E-state index in [4.69, 9.17) is 14.5 Å². The molecule has 1 aliphatic heterocycles. The highest BCUT2D eigenvalue weighted by molar-refractivity contribution is 7.22. The Morgan fingerprint density at radius 2 is 1.90 bits per heavy atom. The molecule has 0 atom stereocenters. The fraction of sp³-hybridized carbons (Fsp3) is 0.391. The second-order valence-electron chi connectivity index (χ2n) is 7.68. The molecule has 1 aromatic heterocycles. The smallest absolute Gasteiger partial charge is 0.260 e. The van der Waals surface area contributed by atoms with Gasteiger partial charge in [-0.15, -0.1) is 0 Å². The molecular formula is C23H28N4O3S. The first-order chi connectivity index (χ1) is 15.0. The molecule has 1 aliphatic rings. The molecular weight excluding hydrogens is 412 g/mol. The number of aromatic nitrogens is 1. The number of carbonyl (C=O) groups excluding carboxylic acids is 1. The normalized spacial score (nSPS) is 14.5. The topological polar surface area (TPSA) is 58.1 Å². The SMILES string of the molecule is COc1ccc2nc(N(CCN3CCOCC3)C(=O)c3ccc(N(C)C)cc3)sc2c1. The van der Waals surface area contributed by atoms with Crippen molar-refractivity contribution in [1.82, 2.24) is 9.88 Å². The van der Waals surface area contributed by atoms with Crippen LogP contribution in [-0.2, 0) is 4.74 Å². The lowest BCUT2D eigenvalue weighted by Gasteiger charge is -2.29. The predicted octanol–water partition coefficient (Wildman–Crippen LogP) is 3.35. The first-order valence-electron chi connectivity index (χ1n) is 10.4. The Hall–Kier alpha value is -2.68. The van der Waals surface area contributed by atoms with Gasteiger partial charge in [-0.25, -0.2) is 4.98 Å². The number of thiazole rings is 1. The molecule has 0 saturated carbocycles. The minimum atomic E-state index is -0.0374. The van der Waals surface area contributed by atoms with Crippen LogP contribution in [0.5, 0.6) is 5.75 Å². The molecule has 0 aliphatic carbocycles. The maximum atomic E-state index is 13.5. The molecule has 0 bridgehead atoms. The molecule has 7 nitrogen and oxygen atoms in total. The molecule has 3 aromatic rings. The number of morpholine rings is 1. The Labute approximate surface area is 186 Å². The largest absolute Gasteiger partial charge is 0.497 e. The van der Waals surface area contributed by atoms with Crippen molar-refractivity contribution in [3.63, 3.8) is 0 Å². The number of ether oxygens (including phenoxy) is 2. The molecule has 8 heteroatoms. The van der Waals surface area contributed by atoms with E-state index in [0.29, 0.717) is 17.2 Å². The minimum Gasteiger partial charge on any atom is -0.497 e. The lowest BCUT2D eigenvalue weighted by atomic mass is 10.1. The number of carbonyl (C=O) groups is 1. The van der Waals surface area contributed by atoms with Crippen molar-refractivity contribution in [3.05, 3.63) is 48.0 Å². The summed E-state index contributed by atoms with van der Waals surface area (Å²) in [7, 11) is 5.63. The number of anilines is 2. The Bertz CT molecular complexity index is 1030. The van der Waals surface area contributed by atoms with Crippen LogP contribution in [0.15, 0.2) is 42.5 Å². The van der Waals surface area contributed by atoms with Crippen molar-refractivity contribution < 1.29 is 14.3 Å². The average Bonchev–Trinajstić information content (AvgIpc) is 3.22. The van der Waals surface area contributed by atoms with Gasteiger partial charge < -0.3 is 14.4 Å². The molecule has 164 valence electrons. The molecule has 0 N–H and O–H groups in total. The van der Waals surface area contributed by atoms with E-state index < -0.39 is 0 Å². The second kappa shape index (κ2) is 9.64. The van der Waals surface area contributed by atoms with Gasteiger partial charge in [-0.2, -0.15) is 0 Å². The molecule has 4 rings (SSSR count). The quantitative estimate of drug-likeness (QED) is 0.562. The van der Waals surface area contributed by atoms with E-state index in [-0.39, 0.29) is 5.91 Å². The van der Waals surface area contributed by atoms with Crippen LogP contribution in [0.4, 0.5) is 10.8 Å². The Morgan fingerprint density at radius 3 is 2.58 bits per heavy atom. The van der Waals surface area contributed by atoms with Crippen molar-refractivity contribution in [1.29, 1.82) is 0 Å². The zero-order valence-electron chi connectivity index (χ0n) is 18.2. The number of fused-ring (bicyclic) bond motifs is 1. The summed E-state index contributed by atoms with van der Waals surface area (Å²) in [6.45, 7) is 4.60. The number of hydrogen-bond donors (Lipinski definition) is 0. The van der Waals surface area contributed by atoms with E-state index in [9.17, 15) is 4.79 Å². The first-order valence-corrected chi connectivity index (χ1v) is 11.2. The van der Waals surface area contributed by atoms with Gasteiger partial charge in [0.25, 0.3) is 5.91 Å². The summed E-state index contributed by atoms with van der Waals surface area (Å²) in [6.07, 6.45) is 0. The molecule has 1 amide bonds. The molecule has 0 radical (unpaired) electrons. The highest BCUT2D eigenvalue weighted by Gasteiger charge is 2.23. The number of hydrogen-bond acceptors (Lipinski definition) is 7. The summed E-state index contributed by atoms with van der Waals surface area (Å²) < 4.78 is 11.8. The third kappa shape index (κ3) is 4.98. The molecule has 1 fully saturated rings. The van der Waals surface area contributed by atoms with Gasteiger partial charge in [-0.1, -0.05) is 11.3 Å². The summed E-state index contributed by atoms with van der Waals surface area (Å²) in [5.74, 6) is 0.748. The predicted molar refractivity (Wildman–Crippen MR) is 126 cm³/mol. The minimum absolute atomic E-state index is 0.0374. The van der Waals surface area contributed by atoms with Gasteiger partial charge in [0.05, 0.1) is 30.5 Å². The van der Waals surface area contributed by atoms with Crippen LogP contribution in [0.1, 0.15) is 10.4 Å². The van der Waals surface area contributed by atoms with Crippen molar-refractivity contribution in [2.75, 3.05) is 70.4 Å². The number of rotatable bonds is 7. The van der Waals surface area contributed by atoms with Crippen LogP contribution in [0.25, 0.3) is 10.2 Å². The van der Waals surface area contributed by atoms with Gasteiger partial charge in [0.1, 0.15) is 5.75 Å². The van der Waals surface area contributed by atoms with Crippen molar-refractivity contribution in [2.24, 2.45) is 0 Å². The monoisotopic (exact) mass is 440 g/mol. The molecule has 2 heterocycles. The van der Waals surface area contributed by atoms with Crippen molar-refractivity contribution in [3.8, 4) is 5.75 Å². The van der Waals surface area contributed by atoms with Gasteiger partial charge in [-0.3, -0.25) is 14.6 Å². The fourth-order valence-corrected chi connectivity index (χ4v) is 4.56. The van der Waals surface area contributed by atoms with Crippen molar-refractivity contribution in [2.45, 2.75) is 0 Å². The molecule has 0 unspecified atom stereocenters. The van der Waals surface area contributed by atoms with E-state index in [1.807, 2.05) is 61.5 Å². The summed E-state index contributed by atoms with van der Waals surface area (Å²) in [5, 5.41) is 0.707. The van der Waals surface area contributed by atoms with Crippen LogP contribution in [0.3, 0.4) is 0 Å². The Morgan fingerprint density at radius 1 is 1.16 bits per heavy atom. The van der Waals surface area contributed by atoms with E-state index in [1.165, 1.54) is 11.3 Å². The number of methoxy groups -OCH3 is 1. The first kappa shape index (κ1) is 21.5. The second-order valence-corrected chi connectivity index (χ2v) is 8.69. The lowest BCUT2D eigenvalue weighted by Crippen LogP contribution is -2.43. The van der Waals surface area contributed by atoms with Gasteiger partial charge in [0.15, 0.2) is 5.13 Å². The standard InChI is InChI=1S/C23H28N4O3S/c1-25(2)18-6-4-17(5-7-18)22(28)27(11-10-26-12-14-30-15-13-26)23-24-20-9-8-19(29-3)16-21(20)31-23/h4-9,16H,10-15H2,1-3H3. The van der Waals surface area contributed by atoms with E-state index in [1.54, 1.807) is 12.0 Å². The summed E-state index contributed by atoms with van der Waals surface area (Å²) in [4.78, 5) is 24.4. The van der Waals surface area contributed by atoms with Crippen molar-refractivity contribution >= 4 is 38.3 Å². The molecule has 31 heavy (non-hydrogen) atoms. The van der Waals surface area contributed by atoms with E-state index in [0.717, 1.165) is 54.5 Å². The van der Waals surface area contributed by atoms with Crippen LogP contribution in [0.2, 0.25) is 0 Å². The van der Waals surface area contributed by atoms with Crippen LogP contribution < -0.4 is 14.5 Å².